The number of ether oxygens (including phenoxy) is 1. The van der Waals surface area contributed by atoms with Crippen molar-refractivity contribution in [3.63, 3.8) is 0 Å². The van der Waals surface area contributed by atoms with E-state index in [1.807, 2.05) is 23.1 Å². The summed E-state index contributed by atoms with van der Waals surface area (Å²) >= 11 is 3.70. The molecule has 1 amide bonds. The van der Waals surface area contributed by atoms with Gasteiger partial charge in [-0.25, -0.2) is 0 Å². The molecule has 0 spiro atoms. The molecule has 4 nitrogen and oxygen atoms in total. The third kappa shape index (κ3) is 6.01. The van der Waals surface area contributed by atoms with Crippen LogP contribution in [0.25, 0.3) is 0 Å². The van der Waals surface area contributed by atoms with Gasteiger partial charge >= 0.3 is 0 Å². The van der Waals surface area contributed by atoms with Crippen LogP contribution in [0.3, 0.4) is 0 Å². The first-order valence-corrected chi connectivity index (χ1v) is 13.9. The van der Waals surface area contributed by atoms with Crippen LogP contribution in [0.5, 0.6) is 5.75 Å². The summed E-state index contributed by atoms with van der Waals surface area (Å²) in [5.41, 5.74) is 6.05. The highest BCUT2D eigenvalue weighted by molar-refractivity contribution is 9.10. The van der Waals surface area contributed by atoms with Gasteiger partial charge in [-0.1, -0.05) is 52.3 Å². The lowest BCUT2D eigenvalue weighted by Crippen LogP contribution is -2.36. The van der Waals surface area contributed by atoms with Gasteiger partial charge in [-0.15, -0.1) is 0 Å². The van der Waals surface area contributed by atoms with E-state index < -0.39 is 0 Å². The average Bonchev–Trinajstić information content (AvgIpc) is 2.93. The summed E-state index contributed by atoms with van der Waals surface area (Å²) < 4.78 is 6.58. The zero-order valence-corrected chi connectivity index (χ0v) is 22.7. The molecule has 188 valence electrons. The van der Waals surface area contributed by atoms with Crippen molar-refractivity contribution in [1.82, 2.24) is 9.80 Å². The molecule has 1 saturated heterocycles. The Labute approximate surface area is 223 Å². The van der Waals surface area contributed by atoms with Crippen LogP contribution in [-0.2, 0) is 25.8 Å². The molecule has 0 unspecified atom stereocenters. The molecule has 36 heavy (non-hydrogen) atoms. The average molecular weight is 548 g/mol. The first-order valence-electron chi connectivity index (χ1n) is 13.1. The predicted octanol–water partition coefficient (Wildman–Crippen LogP) is 6.15. The maximum atomic E-state index is 13.2. The minimum absolute atomic E-state index is 0.149. The summed E-state index contributed by atoms with van der Waals surface area (Å²) in [6.45, 7) is 4.82. The van der Waals surface area contributed by atoms with Crippen molar-refractivity contribution < 1.29 is 9.53 Å². The first kappa shape index (κ1) is 25.0. The Bertz CT molecular complexity index is 1200. The van der Waals surface area contributed by atoms with Crippen LogP contribution < -0.4 is 4.74 Å². The van der Waals surface area contributed by atoms with Gasteiger partial charge in [-0.05, 0) is 104 Å². The molecule has 0 saturated carbocycles. The van der Waals surface area contributed by atoms with Crippen molar-refractivity contribution in [2.45, 2.75) is 38.6 Å². The standard InChI is InChI=1S/C31H35BrN2O2/c1-36-29-9-10-30(32)28(21-29)20-24-12-16-33(17-13-24)15-11-23-5-4-8-26(19-23)31(35)34-18-14-25-6-2-3-7-27(25)22-34/h2-10,19,21,24H,11-18,20,22H2,1H3. The van der Waals surface area contributed by atoms with Gasteiger partial charge in [0.2, 0.25) is 0 Å². The molecule has 2 heterocycles. The van der Waals surface area contributed by atoms with Crippen molar-refractivity contribution in [2.24, 2.45) is 5.92 Å². The molecule has 1 fully saturated rings. The number of benzene rings is 3. The second kappa shape index (κ2) is 11.6. The smallest absolute Gasteiger partial charge is 0.254 e. The largest absolute Gasteiger partial charge is 0.497 e. The number of amides is 1. The summed E-state index contributed by atoms with van der Waals surface area (Å²) in [4.78, 5) is 17.8. The van der Waals surface area contributed by atoms with Crippen LogP contribution in [0.2, 0.25) is 0 Å². The van der Waals surface area contributed by atoms with E-state index in [4.69, 9.17) is 4.74 Å². The Balaban J connectivity index is 1.11. The molecule has 5 rings (SSSR count). The van der Waals surface area contributed by atoms with Crippen LogP contribution in [0.1, 0.15) is 45.5 Å². The van der Waals surface area contributed by atoms with Gasteiger partial charge in [0.25, 0.3) is 5.91 Å². The number of rotatable bonds is 7. The molecule has 0 radical (unpaired) electrons. The van der Waals surface area contributed by atoms with Gasteiger partial charge in [-0.2, -0.15) is 0 Å². The number of halogens is 1. The second-order valence-corrected chi connectivity index (χ2v) is 11.0. The fourth-order valence-electron chi connectivity index (χ4n) is 5.56. The quantitative estimate of drug-likeness (QED) is 0.356. The molecule has 5 heteroatoms. The summed E-state index contributed by atoms with van der Waals surface area (Å²) in [6, 6.07) is 23.0. The number of methoxy groups -OCH3 is 1. The summed E-state index contributed by atoms with van der Waals surface area (Å²) in [7, 11) is 1.73. The lowest BCUT2D eigenvalue weighted by molar-refractivity contribution is 0.0734. The van der Waals surface area contributed by atoms with E-state index in [0.29, 0.717) is 12.5 Å². The maximum absolute atomic E-state index is 13.2. The lowest BCUT2D eigenvalue weighted by atomic mass is 9.90. The van der Waals surface area contributed by atoms with Crippen LogP contribution in [0.15, 0.2) is 71.2 Å². The van der Waals surface area contributed by atoms with E-state index in [2.05, 4.69) is 69.4 Å². The number of carbonyl (C=O) groups is 1. The second-order valence-electron chi connectivity index (χ2n) is 10.1. The van der Waals surface area contributed by atoms with Gasteiger partial charge in [-0.3, -0.25) is 4.79 Å². The zero-order chi connectivity index (χ0) is 24.9. The molecule has 0 atom stereocenters. The molecule has 3 aromatic carbocycles. The Morgan fingerprint density at radius 1 is 0.972 bits per heavy atom. The van der Waals surface area contributed by atoms with Crippen molar-refractivity contribution >= 4 is 21.8 Å². The molecular weight excluding hydrogens is 512 g/mol. The highest BCUT2D eigenvalue weighted by Crippen LogP contribution is 2.29. The fourth-order valence-corrected chi connectivity index (χ4v) is 5.97. The number of hydrogen-bond acceptors (Lipinski definition) is 3. The van der Waals surface area contributed by atoms with Crippen LogP contribution in [0.4, 0.5) is 0 Å². The van der Waals surface area contributed by atoms with Crippen molar-refractivity contribution in [1.29, 1.82) is 0 Å². The number of fused-ring (bicyclic) bond motifs is 1. The molecule has 0 bridgehead atoms. The Morgan fingerprint density at radius 3 is 2.58 bits per heavy atom. The molecule has 2 aliphatic rings. The minimum atomic E-state index is 0.149. The molecule has 0 N–H and O–H groups in total. The maximum Gasteiger partial charge on any atom is 0.254 e. The van der Waals surface area contributed by atoms with Gasteiger partial charge in [0.05, 0.1) is 7.11 Å². The van der Waals surface area contributed by atoms with E-state index in [-0.39, 0.29) is 5.91 Å². The molecular formula is C31H35BrN2O2. The lowest BCUT2D eigenvalue weighted by Gasteiger charge is -2.32. The van der Waals surface area contributed by atoms with E-state index >= 15 is 0 Å². The highest BCUT2D eigenvalue weighted by atomic mass is 79.9. The Hall–Kier alpha value is -2.63. The zero-order valence-electron chi connectivity index (χ0n) is 21.1. The van der Waals surface area contributed by atoms with Gasteiger partial charge < -0.3 is 14.5 Å². The highest BCUT2D eigenvalue weighted by Gasteiger charge is 2.23. The number of carbonyl (C=O) groups excluding carboxylic acids is 1. The number of likely N-dealkylation sites (tertiary alicyclic amines) is 1. The summed E-state index contributed by atoms with van der Waals surface area (Å²) in [6.07, 6.45) is 5.45. The summed E-state index contributed by atoms with van der Waals surface area (Å²) in [5.74, 6) is 1.78. The van der Waals surface area contributed by atoms with Crippen molar-refractivity contribution in [3.8, 4) is 5.75 Å². The molecule has 0 aliphatic carbocycles. The summed E-state index contributed by atoms with van der Waals surface area (Å²) in [5, 5.41) is 0. The van der Waals surface area contributed by atoms with Crippen molar-refractivity contribution in [2.75, 3.05) is 33.3 Å². The minimum Gasteiger partial charge on any atom is -0.497 e. The third-order valence-corrected chi connectivity index (χ3v) is 8.55. The van der Waals surface area contributed by atoms with Gasteiger partial charge in [0, 0.05) is 29.7 Å². The van der Waals surface area contributed by atoms with Crippen LogP contribution >= 0.6 is 15.9 Å². The van der Waals surface area contributed by atoms with Gasteiger partial charge in [0.15, 0.2) is 0 Å². The number of piperidine rings is 1. The fraction of sp³-hybridized carbons (Fsp3) is 0.387. The van der Waals surface area contributed by atoms with E-state index in [1.54, 1.807) is 7.11 Å². The Kier molecular flexibility index (Phi) is 8.08. The van der Waals surface area contributed by atoms with E-state index in [0.717, 1.165) is 56.8 Å². The van der Waals surface area contributed by atoms with Crippen LogP contribution in [-0.4, -0.2) is 49.0 Å². The van der Waals surface area contributed by atoms with E-state index in [9.17, 15) is 4.79 Å². The molecule has 2 aliphatic heterocycles. The topological polar surface area (TPSA) is 32.8 Å². The van der Waals surface area contributed by atoms with Crippen LogP contribution in [0, 0.1) is 5.92 Å². The molecule has 0 aromatic heterocycles. The normalized spacial score (nSPS) is 16.6. The van der Waals surface area contributed by atoms with E-state index in [1.165, 1.54) is 39.6 Å². The monoisotopic (exact) mass is 546 g/mol. The number of hydrogen-bond donors (Lipinski definition) is 0. The first-order chi connectivity index (χ1) is 17.6. The Morgan fingerprint density at radius 2 is 1.78 bits per heavy atom. The third-order valence-electron chi connectivity index (χ3n) is 7.78. The predicted molar refractivity (Wildman–Crippen MR) is 149 cm³/mol. The SMILES string of the molecule is COc1ccc(Br)c(CC2CCN(CCc3cccc(C(=O)N4CCc5ccccc5C4)c3)CC2)c1. The van der Waals surface area contributed by atoms with Crippen molar-refractivity contribution in [3.05, 3.63) is 99.0 Å². The number of nitrogens with zero attached hydrogens (tertiary/aromatic N) is 2. The molecule has 3 aromatic rings. The van der Waals surface area contributed by atoms with Gasteiger partial charge in [0.1, 0.15) is 5.75 Å².